The molecule has 0 saturated heterocycles. The van der Waals surface area contributed by atoms with Gasteiger partial charge in [0.15, 0.2) is 0 Å². The Kier molecular flexibility index (Phi) is 20.0. The van der Waals surface area contributed by atoms with E-state index in [1.165, 1.54) is 0 Å². The van der Waals surface area contributed by atoms with Crippen LogP contribution in [-0.4, -0.2) is 127 Å². The van der Waals surface area contributed by atoms with Gasteiger partial charge in [-0.2, -0.15) is 4.39 Å². The van der Waals surface area contributed by atoms with Crippen LogP contribution in [-0.2, 0) is 44.8 Å². The van der Waals surface area contributed by atoms with E-state index >= 15 is 0 Å². The van der Waals surface area contributed by atoms with E-state index in [9.17, 15) is 72.8 Å². The Bertz CT molecular complexity index is 2210. The molecule has 64 heavy (non-hydrogen) atoms. The second kappa shape index (κ2) is 25.3. The van der Waals surface area contributed by atoms with E-state index in [-0.39, 0.29) is 37.8 Å². The molecule has 344 valence electrons. The highest BCUT2D eigenvalue weighted by molar-refractivity contribution is 5.99. The van der Waals surface area contributed by atoms with Gasteiger partial charge in [0, 0.05) is 50.1 Å². The van der Waals surface area contributed by atoms with Crippen molar-refractivity contribution in [2.75, 3.05) is 6.54 Å². The molecule has 0 aliphatic carbocycles. The van der Waals surface area contributed by atoms with Gasteiger partial charge < -0.3 is 57.4 Å². The van der Waals surface area contributed by atoms with Crippen LogP contribution >= 0.6 is 0 Å². The third-order valence-corrected chi connectivity index (χ3v) is 9.50. The number of nitrogens with zero attached hydrogens (tertiary/aromatic N) is 1. The maximum absolute atomic E-state index is 13.9. The van der Waals surface area contributed by atoms with Crippen molar-refractivity contribution < 1.29 is 77.9 Å². The average Bonchev–Trinajstić information content (AvgIpc) is 3.23. The lowest BCUT2D eigenvalue weighted by Gasteiger charge is -2.25. The predicted molar refractivity (Wildman–Crippen MR) is 219 cm³/mol. The summed E-state index contributed by atoms with van der Waals surface area (Å²) in [6.07, 6.45) is -2.39. The van der Waals surface area contributed by atoms with Crippen LogP contribution in [0, 0.1) is 5.95 Å². The summed E-state index contributed by atoms with van der Waals surface area (Å²) in [5, 5.41) is 62.1. The van der Waals surface area contributed by atoms with Gasteiger partial charge in [0.25, 0.3) is 5.91 Å². The van der Waals surface area contributed by atoms with Gasteiger partial charge in [-0.1, -0.05) is 42.5 Å². The van der Waals surface area contributed by atoms with Gasteiger partial charge >= 0.3 is 35.9 Å². The molecule has 11 N–H and O–H groups in total. The van der Waals surface area contributed by atoms with Crippen molar-refractivity contribution in [2.24, 2.45) is 0 Å². The van der Waals surface area contributed by atoms with E-state index in [2.05, 4.69) is 31.6 Å². The molecule has 5 unspecified atom stereocenters. The number of pyridine rings is 1. The summed E-state index contributed by atoms with van der Waals surface area (Å²) >= 11 is 0. The van der Waals surface area contributed by atoms with E-state index < -0.39 is 134 Å². The number of rotatable bonds is 27. The van der Waals surface area contributed by atoms with Crippen LogP contribution in [0.5, 0.6) is 0 Å². The van der Waals surface area contributed by atoms with Crippen LogP contribution in [0.15, 0.2) is 60.8 Å². The number of hydrogen-bond donors (Lipinski definition) is 11. The van der Waals surface area contributed by atoms with Crippen LogP contribution in [0.25, 0.3) is 10.8 Å². The smallest absolute Gasteiger partial charge is 0.326 e. The van der Waals surface area contributed by atoms with Crippen LogP contribution in [0.2, 0.25) is 0 Å². The van der Waals surface area contributed by atoms with Crippen molar-refractivity contribution in [2.45, 2.75) is 94.4 Å². The molecule has 22 nitrogen and oxygen atoms in total. The van der Waals surface area contributed by atoms with E-state index in [0.29, 0.717) is 5.56 Å². The molecule has 0 fully saturated rings. The van der Waals surface area contributed by atoms with Crippen molar-refractivity contribution in [3.63, 3.8) is 0 Å². The number of hydrogen-bond acceptors (Lipinski definition) is 11. The summed E-state index contributed by atoms with van der Waals surface area (Å²) in [7, 11) is 0. The first kappa shape index (κ1) is 50.6. The highest BCUT2D eigenvalue weighted by Gasteiger charge is 2.31. The van der Waals surface area contributed by atoms with Crippen LogP contribution < -0.4 is 31.9 Å². The standard InChI is InChI=1S/C41H48FN7O15/c42-31-21-25(16-18-43-31)35(56)45-26(10-13-32(50)51)37(58)46-27(11-14-33(52)53)38(59)47-30(20-22-8-9-23-5-1-2-6-24(23)19-22)36(57)44-17-4-3-7-28(39(60)61)48-41(64)49-29(40(62)63)12-15-34(54)55/h1-2,5-6,8-9,16,18-19,21,26-30H,3-4,7,10-15,17,20H2,(H,44,57)(H,45,56)(H,46,58)(H,47,59)(H,50,51)(H,52,53)(H,54,55)(H,60,61)(H,62,63)(H2,48,49,64)/i42-1. The molecule has 2 aromatic carbocycles. The second-order valence-corrected chi connectivity index (χ2v) is 14.4. The van der Waals surface area contributed by atoms with Crippen LogP contribution in [0.4, 0.5) is 9.18 Å². The number of amides is 6. The molecule has 1 aromatic heterocycles. The van der Waals surface area contributed by atoms with Crippen molar-refractivity contribution >= 4 is 70.3 Å². The molecule has 0 aliphatic heterocycles. The Morgan fingerprint density at radius 2 is 1.08 bits per heavy atom. The zero-order valence-corrected chi connectivity index (χ0v) is 34.1. The molecule has 23 heteroatoms. The number of carbonyl (C=O) groups is 10. The van der Waals surface area contributed by atoms with E-state index in [1.54, 1.807) is 24.3 Å². The van der Waals surface area contributed by atoms with Gasteiger partial charge in [-0.25, -0.2) is 19.4 Å². The number of halogens is 1. The molecular formula is C41H48FN7O15. The highest BCUT2D eigenvalue weighted by Crippen LogP contribution is 2.17. The quantitative estimate of drug-likeness (QED) is 0.0372. The largest absolute Gasteiger partial charge is 0.481 e. The zero-order valence-electron chi connectivity index (χ0n) is 34.1. The molecule has 0 spiro atoms. The third kappa shape index (κ3) is 17.7. The summed E-state index contributed by atoms with van der Waals surface area (Å²) in [6.45, 7) is -0.0801. The molecule has 1 heterocycles. The van der Waals surface area contributed by atoms with Crippen molar-refractivity contribution in [1.82, 2.24) is 36.9 Å². The number of aliphatic carboxylic acids is 5. The number of benzene rings is 2. The molecule has 6 amide bonds. The monoisotopic (exact) mass is 896 g/mol. The van der Waals surface area contributed by atoms with Gasteiger partial charge in [-0.05, 0) is 60.9 Å². The van der Waals surface area contributed by atoms with Gasteiger partial charge in [0.1, 0.15) is 30.2 Å². The molecule has 0 bridgehead atoms. The number of unbranched alkanes of at least 4 members (excludes halogenated alkanes) is 1. The summed E-state index contributed by atoms with van der Waals surface area (Å²) in [5.74, 6) is -11.8. The van der Waals surface area contributed by atoms with Crippen molar-refractivity contribution in [3.05, 3.63) is 77.9 Å². The number of carbonyl (C=O) groups excluding carboxylic acids is 5. The Hall–Kier alpha value is -7.72. The Morgan fingerprint density at radius 3 is 1.64 bits per heavy atom. The number of nitrogens with one attached hydrogen (secondary N) is 6. The average molecular weight is 897 g/mol. The minimum atomic E-state index is -1.64. The fraction of sp³-hybridized carbons (Fsp3) is 0.390. The number of carboxylic acids is 5. The number of urea groups is 1. The molecular weight excluding hydrogens is 848 g/mol. The van der Waals surface area contributed by atoms with E-state index in [4.69, 9.17) is 5.11 Å². The SMILES string of the molecule is O=C(O)CCC(NC(=O)NC(CCCCNC(=O)C(Cc1ccc2ccccc2c1)NC(=O)C(CCC(=O)O)NC(=O)C(CCC(=O)O)NC(=O)c1ccnc([18F])c1)C(=O)O)C(=O)O. The Balaban J connectivity index is 1.76. The summed E-state index contributed by atoms with van der Waals surface area (Å²) in [5.41, 5.74) is 0.322. The lowest BCUT2D eigenvalue weighted by Crippen LogP contribution is -2.57. The number of fused-ring (bicyclic) bond motifs is 1. The highest BCUT2D eigenvalue weighted by atomic mass is 18.2. The first-order chi connectivity index (χ1) is 30.3. The summed E-state index contributed by atoms with van der Waals surface area (Å²) in [6, 6.07) is 5.60. The maximum Gasteiger partial charge on any atom is 0.326 e. The van der Waals surface area contributed by atoms with Crippen LogP contribution in [0.3, 0.4) is 0 Å². The minimum Gasteiger partial charge on any atom is -0.481 e. The summed E-state index contributed by atoms with van der Waals surface area (Å²) < 4.78 is 13.7. The lowest BCUT2D eigenvalue weighted by atomic mass is 10.00. The number of carboxylic acid groups (broad SMARTS) is 5. The fourth-order valence-electron chi connectivity index (χ4n) is 6.16. The maximum atomic E-state index is 13.9. The van der Waals surface area contributed by atoms with Gasteiger partial charge in [-0.15, -0.1) is 0 Å². The lowest BCUT2D eigenvalue weighted by molar-refractivity contribution is -0.141. The first-order valence-corrected chi connectivity index (χ1v) is 19.8. The molecule has 3 rings (SSSR count). The third-order valence-electron chi connectivity index (χ3n) is 9.50. The Labute approximate surface area is 363 Å². The van der Waals surface area contributed by atoms with Crippen molar-refractivity contribution in [1.29, 1.82) is 0 Å². The normalized spacial score (nSPS) is 13.1. The first-order valence-electron chi connectivity index (χ1n) is 19.8. The molecule has 0 radical (unpaired) electrons. The minimum absolute atomic E-state index is 0.0801. The topological polar surface area (TPSA) is 357 Å². The second-order valence-electron chi connectivity index (χ2n) is 14.4. The zero-order chi connectivity index (χ0) is 47.3. The van der Waals surface area contributed by atoms with Crippen molar-refractivity contribution in [3.8, 4) is 0 Å². The van der Waals surface area contributed by atoms with E-state index in [1.807, 2.05) is 23.5 Å². The van der Waals surface area contributed by atoms with Gasteiger partial charge in [0.05, 0.1) is 0 Å². The Morgan fingerprint density at radius 1 is 0.547 bits per heavy atom. The molecule has 0 saturated carbocycles. The molecule has 5 atom stereocenters. The summed E-state index contributed by atoms with van der Waals surface area (Å²) in [4.78, 5) is 127. The van der Waals surface area contributed by atoms with Crippen LogP contribution in [0.1, 0.15) is 73.7 Å². The predicted octanol–water partition coefficient (Wildman–Crippen LogP) is 0.771. The van der Waals surface area contributed by atoms with Gasteiger partial charge in [0.2, 0.25) is 23.7 Å². The molecule has 0 aliphatic rings. The fourth-order valence-corrected chi connectivity index (χ4v) is 6.16. The molecule has 3 aromatic rings. The number of aromatic nitrogens is 1. The van der Waals surface area contributed by atoms with E-state index in [0.717, 1.165) is 29.1 Å². The van der Waals surface area contributed by atoms with Gasteiger partial charge in [-0.3, -0.25) is 33.6 Å².